The third-order valence-electron chi connectivity index (χ3n) is 8.65. The normalized spacial score (nSPS) is 20.1. The molecule has 0 saturated carbocycles. The molecule has 1 aromatic carbocycles. The van der Waals surface area contributed by atoms with Crippen LogP contribution in [0.25, 0.3) is 0 Å². The molecule has 0 amide bonds. The molecule has 41 heavy (non-hydrogen) atoms. The maximum absolute atomic E-state index is 2.78. The Morgan fingerprint density at radius 3 is 0.976 bits per heavy atom. The molecule has 0 N–H and O–H groups in total. The van der Waals surface area contributed by atoms with E-state index in [2.05, 4.69) is 161 Å². The molecule has 0 spiro atoms. The fraction of sp³-hybridized carbons (Fsp3) is 0.722. The first-order chi connectivity index (χ1) is 19.1. The summed E-state index contributed by atoms with van der Waals surface area (Å²) in [6, 6.07) is 16.1. The number of hydrogen-bond donors (Lipinski definition) is 0. The van der Waals surface area contributed by atoms with E-state index in [0.29, 0.717) is 60.4 Å². The van der Waals surface area contributed by atoms with E-state index < -0.39 is 7.92 Å². The van der Waals surface area contributed by atoms with E-state index in [1.807, 2.05) is 0 Å². The highest BCUT2D eigenvalue weighted by Crippen LogP contribution is 2.71. The van der Waals surface area contributed by atoms with Crippen LogP contribution in [0.3, 0.4) is 0 Å². The second-order valence-corrected chi connectivity index (χ2v) is 16.6. The summed E-state index contributed by atoms with van der Waals surface area (Å²) < 4.78 is 0. The van der Waals surface area contributed by atoms with Crippen LogP contribution < -0.4 is 5.30 Å². The van der Waals surface area contributed by atoms with E-state index in [1.165, 1.54) is 5.30 Å². The quantitative estimate of drug-likeness (QED) is 0.192. The highest BCUT2D eigenvalue weighted by molar-refractivity contribution is 7.74. The van der Waals surface area contributed by atoms with Crippen molar-refractivity contribution >= 4 is 13.2 Å². The summed E-state index contributed by atoms with van der Waals surface area (Å²) in [7, 11) is -0.644. The summed E-state index contributed by atoms with van der Waals surface area (Å²) in [5.41, 5.74) is 3.21. The highest BCUT2D eigenvalue weighted by Gasteiger charge is 2.58. The molecule has 2 unspecified atom stereocenters. The summed E-state index contributed by atoms with van der Waals surface area (Å²) in [6.45, 7) is 38.1. The maximum atomic E-state index is 2.78. The molecule has 3 rings (SSSR count). The van der Waals surface area contributed by atoms with Crippen molar-refractivity contribution in [2.45, 2.75) is 171 Å². The van der Waals surface area contributed by atoms with E-state index in [4.69, 9.17) is 0 Å². The molecule has 0 aliphatic heterocycles. The van der Waals surface area contributed by atoms with Crippen LogP contribution in [0.2, 0.25) is 0 Å². The minimum atomic E-state index is -0.644. The number of hydrogen-bond acceptors (Lipinski definition) is 4. The van der Waals surface area contributed by atoms with Gasteiger partial charge in [0.05, 0.1) is 12.1 Å². The van der Waals surface area contributed by atoms with E-state index in [-0.39, 0.29) is 0 Å². The Morgan fingerprint density at radius 1 is 0.439 bits per heavy atom. The van der Waals surface area contributed by atoms with Crippen LogP contribution in [0.5, 0.6) is 0 Å². The molecule has 0 bridgehead atoms. The Kier molecular flexibility index (Phi) is 11.3. The standard InChI is InChI=1S/C36H63N4P/c1-22(2)37(23(3)4)31-32(38(24(5)6)25(7)8)35(31)41(30-20-18-17-19-21-30)36-33(39(26(9)10)27(11)12)34(36)40(28(13)14)29(15)16/h17-29,31,33H,1-16H3. The van der Waals surface area contributed by atoms with Crippen molar-refractivity contribution in [2.24, 2.45) is 0 Å². The van der Waals surface area contributed by atoms with Gasteiger partial charge in [0.25, 0.3) is 0 Å². The van der Waals surface area contributed by atoms with Crippen LogP contribution in [0.4, 0.5) is 0 Å². The average Bonchev–Trinajstić information content (AvgIpc) is 3.70. The first-order valence-electron chi connectivity index (χ1n) is 16.5. The molecule has 0 saturated heterocycles. The lowest BCUT2D eigenvalue weighted by Crippen LogP contribution is -2.44. The van der Waals surface area contributed by atoms with E-state index in [9.17, 15) is 0 Å². The minimum Gasteiger partial charge on any atom is -0.368 e. The first kappa shape index (κ1) is 34.1. The van der Waals surface area contributed by atoms with Crippen LogP contribution in [-0.2, 0) is 0 Å². The number of rotatable bonds is 15. The molecule has 2 aliphatic carbocycles. The fourth-order valence-corrected chi connectivity index (χ4v) is 10.7. The largest absolute Gasteiger partial charge is 0.368 e. The maximum Gasteiger partial charge on any atom is 0.0789 e. The molecule has 0 aromatic heterocycles. The highest BCUT2D eigenvalue weighted by atomic mass is 31.1. The van der Waals surface area contributed by atoms with Crippen molar-refractivity contribution in [1.29, 1.82) is 0 Å². The molecule has 232 valence electrons. The van der Waals surface area contributed by atoms with Gasteiger partial charge in [0, 0.05) is 70.4 Å². The van der Waals surface area contributed by atoms with Gasteiger partial charge in [-0.1, -0.05) is 30.3 Å². The van der Waals surface area contributed by atoms with E-state index in [0.717, 1.165) is 0 Å². The van der Waals surface area contributed by atoms with Gasteiger partial charge in [-0.3, -0.25) is 9.80 Å². The summed E-state index contributed by atoms with van der Waals surface area (Å²) in [5.74, 6) is 0. The summed E-state index contributed by atoms with van der Waals surface area (Å²) in [5, 5.41) is 4.91. The Hall–Kier alpha value is -1.35. The van der Waals surface area contributed by atoms with Crippen LogP contribution in [0, 0.1) is 0 Å². The lowest BCUT2D eigenvalue weighted by atomic mass is 10.2. The monoisotopic (exact) mass is 582 g/mol. The third kappa shape index (κ3) is 6.91. The van der Waals surface area contributed by atoms with Gasteiger partial charge in [-0.2, -0.15) is 0 Å². The van der Waals surface area contributed by atoms with Crippen LogP contribution in [0.1, 0.15) is 111 Å². The van der Waals surface area contributed by atoms with Gasteiger partial charge in [-0.25, -0.2) is 0 Å². The summed E-state index contributed by atoms with van der Waals surface area (Å²) >= 11 is 0. The predicted molar refractivity (Wildman–Crippen MR) is 183 cm³/mol. The smallest absolute Gasteiger partial charge is 0.0789 e. The number of benzene rings is 1. The lowest BCUT2D eigenvalue weighted by molar-refractivity contribution is 0.145. The molecule has 2 aliphatic rings. The molecule has 2 atom stereocenters. The van der Waals surface area contributed by atoms with Crippen LogP contribution in [0.15, 0.2) is 52.4 Å². The SMILES string of the molecule is CC(C)N(C1=C(P(C2=C(N(C(C)C)C(C)C)C2N(C(C)C)C(C)C)c2ccccc2)C1N(C(C)C)C(C)C)C(C)C. The molecule has 0 radical (unpaired) electrons. The van der Waals surface area contributed by atoms with Crippen molar-refractivity contribution in [3.63, 3.8) is 0 Å². The van der Waals surface area contributed by atoms with Gasteiger partial charge in [-0.15, -0.1) is 0 Å². The van der Waals surface area contributed by atoms with E-state index in [1.54, 1.807) is 22.0 Å². The van der Waals surface area contributed by atoms with E-state index >= 15 is 0 Å². The fourth-order valence-electron chi connectivity index (χ4n) is 7.64. The van der Waals surface area contributed by atoms with Crippen LogP contribution in [-0.4, -0.2) is 80.0 Å². The second-order valence-electron chi connectivity index (χ2n) is 14.5. The lowest BCUT2D eigenvalue weighted by Gasteiger charge is -2.37. The summed E-state index contributed by atoms with van der Waals surface area (Å²) in [6.07, 6.45) is 0. The van der Waals surface area contributed by atoms with Crippen LogP contribution >= 0.6 is 7.92 Å². The molecule has 4 nitrogen and oxygen atoms in total. The molecule has 0 fully saturated rings. The topological polar surface area (TPSA) is 13.0 Å². The Balaban J connectivity index is 2.35. The number of nitrogens with zero attached hydrogens (tertiary/aromatic N) is 4. The van der Waals surface area contributed by atoms with Crippen molar-refractivity contribution < 1.29 is 0 Å². The average molecular weight is 583 g/mol. The zero-order valence-corrected chi connectivity index (χ0v) is 30.3. The van der Waals surface area contributed by atoms with Crippen molar-refractivity contribution in [1.82, 2.24) is 19.6 Å². The van der Waals surface area contributed by atoms with Gasteiger partial charge in [0.1, 0.15) is 0 Å². The predicted octanol–water partition coefficient (Wildman–Crippen LogP) is 8.46. The summed E-state index contributed by atoms with van der Waals surface area (Å²) in [4.78, 5) is 11.0. The second kappa shape index (κ2) is 13.5. The first-order valence-corrected chi connectivity index (χ1v) is 17.8. The Bertz CT molecular complexity index is 968. The Morgan fingerprint density at radius 2 is 0.732 bits per heavy atom. The molecular formula is C36H63N4P. The molecule has 1 aromatic rings. The van der Waals surface area contributed by atoms with Gasteiger partial charge in [0.15, 0.2) is 0 Å². The van der Waals surface area contributed by atoms with Crippen molar-refractivity contribution in [3.8, 4) is 0 Å². The minimum absolute atomic E-state index is 0.402. The molecule has 5 heteroatoms. The molecule has 0 heterocycles. The van der Waals surface area contributed by atoms with Crippen molar-refractivity contribution in [2.75, 3.05) is 0 Å². The Labute approximate surface area is 256 Å². The third-order valence-corrected chi connectivity index (χ3v) is 11.4. The van der Waals surface area contributed by atoms with Crippen molar-refractivity contribution in [3.05, 3.63) is 52.4 Å². The van der Waals surface area contributed by atoms with Gasteiger partial charge in [-0.05, 0) is 124 Å². The van der Waals surface area contributed by atoms with Gasteiger partial charge in [0.2, 0.25) is 0 Å². The zero-order valence-electron chi connectivity index (χ0n) is 29.4. The molecular weight excluding hydrogens is 519 g/mol. The van der Waals surface area contributed by atoms with Gasteiger partial charge >= 0.3 is 0 Å². The zero-order chi connectivity index (χ0) is 31.1. The van der Waals surface area contributed by atoms with Gasteiger partial charge < -0.3 is 9.80 Å².